The summed E-state index contributed by atoms with van der Waals surface area (Å²) in [5.74, 6) is 3.28. The fourth-order valence-electron chi connectivity index (χ4n) is 3.62. The summed E-state index contributed by atoms with van der Waals surface area (Å²) in [7, 11) is 5.26. The molecule has 2 aromatic rings. The standard InChI is InChI=1S/C19H27N7O3/c1-24(15-4-6-20-18(21-15)25-8-10-29-11-9-25)14-5-7-26(13-14)19-22-16(27-2)12-17(23-19)28-3/h4,6,12,14H,5,7-11,13H2,1-3H3. The fourth-order valence-corrected chi connectivity index (χ4v) is 3.62. The number of hydrogen-bond donors (Lipinski definition) is 0. The number of rotatable bonds is 6. The van der Waals surface area contributed by atoms with Gasteiger partial charge in [0.1, 0.15) is 5.82 Å². The zero-order valence-corrected chi connectivity index (χ0v) is 17.1. The Kier molecular flexibility index (Phi) is 5.79. The molecule has 2 saturated heterocycles. The van der Waals surface area contributed by atoms with Crippen LogP contribution in [0.4, 0.5) is 17.7 Å². The Balaban J connectivity index is 1.46. The summed E-state index contributed by atoms with van der Waals surface area (Å²) in [6.07, 6.45) is 2.81. The van der Waals surface area contributed by atoms with E-state index in [0.29, 0.717) is 37.0 Å². The van der Waals surface area contributed by atoms with Gasteiger partial charge in [-0.05, 0) is 12.5 Å². The largest absolute Gasteiger partial charge is 0.481 e. The molecule has 10 nitrogen and oxygen atoms in total. The number of aromatic nitrogens is 4. The minimum atomic E-state index is 0.295. The van der Waals surface area contributed by atoms with Gasteiger partial charge in [-0.15, -0.1) is 0 Å². The van der Waals surface area contributed by atoms with Crippen LogP contribution in [-0.2, 0) is 4.74 Å². The van der Waals surface area contributed by atoms with Gasteiger partial charge >= 0.3 is 0 Å². The van der Waals surface area contributed by atoms with Crippen molar-refractivity contribution in [3.63, 3.8) is 0 Å². The highest BCUT2D eigenvalue weighted by atomic mass is 16.5. The molecule has 0 saturated carbocycles. The van der Waals surface area contributed by atoms with Crippen LogP contribution in [0.2, 0.25) is 0 Å². The van der Waals surface area contributed by atoms with E-state index in [2.05, 4.69) is 36.7 Å². The third-order valence-electron chi connectivity index (χ3n) is 5.36. The lowest BCUT2D eigenvalue weighted by Crippen LogP contribution is -2.38. The van der Waals surface area contributed by atoms with Gasteiger partial charge in [-0.25, -0.2) is 4.98 Å². The maximum atomic E-state index is 5.42. The third kappa shape index (κ3) is 4.26. The molecule has 1 unspecified atom stereocenters. The van der Waals surface area contributed by atoms with Gasteiger partial charge < -0.3 is 28.9 Å². The molecule has 1 atom stereocenters. The molecule has 2 aliphatic rings. The Morgan fingerprint density at radius 3 is 2.41 bits per heavy atom. The second kappa shape index (κ2) is 8.64. The molecule has 0 spiro atoms. The first-order valence-electron chi connectivity index (χ1n) is 9.78. The molecule has 0 aromatic carbocycles. The van der Waals surface area contributed by atoms with E-state index in [4.69, 9.17) is 19.2 Å². The van der Waals surface area contributed by atoms with Crippen molar-refractivity contribution >= 4 is 17.7 Å². The van der Waals surface area contributed by atoms with Crippen molar-refractivity contribution in [3.8, 4) is 11.8 Å². The Morgan fingerprint density at radius 1 is 1.00 bits per heavy atom. The molecule has 0 aliphatic carbocycles. The van der Waals surface area contributed by atoms with Gasteiger partial charge in [0.05, 0.1) is 33.5 Å². The summed E-state index contributed by atoms with van der Waals surface area (Å²) in [4.78, 5) is 24.7. The molecule has 0 bridgehead atoms. The molecule has 0 amide bonds. The molecule has 156 valence electrons. The maximum absolute atomic E-state index is 5.42. The van der Waals surface area contributed by atoms with Crippen LogP contribution in [0, 0.1) is 0 Å². The van der Waals surface area contributed by atoms with Crippen molar-refractivity contribution in [2.45, 2.75) is 12.5 Å². The van der Waals surface area contributed by atoms with Gasteiger partial charge in [0.2, 0.25) is 23.7 Å². The molecule has 29 heavy (non-hydrogen) atoms. The summed E-state index contributed by atoms with van der Waals surface area (Å²) in [5, 5.41) is 0. The van der Waals surface area contributed by atoms with E-state index in [-0.39, 0.29) is 0 Å². The highest BCUT2D eigenvalue weighted by Crippen LogP contribution is 2.26. The molecule has 2 fully saturated rings. The average Bonchev–Trinajstić information content (AvgIpc) is 3.29. The second-order valence-electron chi connectivity index (χ2n) is 7.07. The predicted molar refractivity (Wildman–Crippen MR) is 109 cm³/mol. The highest BCUT2D eigenvalue weighted by Gasteiger charge is 2.29. The molecular formula is C19H27N7O3. The lowest BCUT2D eigenvalue weighted by atomic mass is 10.2. The van der Waals surface area contributed by atoms with E-state index in [1.54, 1.807) is 20.3 Å². The van der Waals surface area contributed by atoms with E-state index < -0.39 is 0 Å². The molecule has 4 heterocycles. The van der Waals surface area contributed by atoms with E-state index >= 15 is 0 Å². The number of methoxy groups -OCH3 is 2. The van der Waals surface area contributed by atoms with Gasteiger partial charge in [-0.3, -0.25) is 0 Å². The number of anilines is 3. The van der Waals surface area contributed by atoms with E-state index in [9.17, 15) is 0 Å². The summed E-state index contributed by atoms with van der Waals surface area (Å²) < 4.78 is 16.0. The van der Waals surface area contributed by atoms with Gasteiger partial charge in [0.15, 0.2) is 0 Å². The first kappa shape index (κ1) is 19.4. The summed E-state index contributed by atoms with van der Waals surface area (Å²) in [6.45, 7) is 4.71. The molecule has 2 aliphatic heterocycles. The van der Waals surface area contributed by atoms with Crippen molar-refractivity contribution in [2.24, 2.45) is 0 Å². The quantitative estimate of drug-likeness (QED) is 0.693. The van der Waals surface area contributed by atoms with Crippen molar-refractivity contribution in [2.75, 3.05) is 75.4 Å². The zero-order valence-electron chi connectivity index (χ0n) is 17.1. The lowest BCUT2D eigenvalue weighted by Gasteiger charge is -2.29. The smallest absolute Gasteiger partial charge is 0.232 e. The SMILES string of the molecule is COc1cc(OC)nc(N2CCC(N(C)c3ccnc(N4CCOCC4)n3)C2)n1. The van der Waals surface area contributed by atoms with Crippen LogP contribution >= 0.6 is 0 Å². The van der Waals surface area contributed by atoms with E-state index in [1.165, 1.54) is 0 Å². The second-order valence-corrected chi connectivity index (χ2v) is 7.07. The lowest BCUT2D eigenvalue weighted by molar-refractivity contribution is 0.122. The highest BCUT2D eigenvalue weighted by molar-refractivity contribution is 5.46. The van der Waals surface area contributed by atoms with Crippen molar-refractivity contribution in [1.29, 1.82) is 0 Å². The van der Waals surface area contributed by atoms with Crippen LogP contribution in [0.5, 0.6) is 11.8 Å². The Morgan fingerprint density at radius 2 is 1.72 bits per heavy atom. The zero-order chi connectivity index (χ0) is 20.2. The van der Waals surface area contributed by atoms with Crippen LogP contribution in [0.3, 0.4) is 0 Å². The molecule has 2 aromatic heterocycles. The van der Waals surface area contributed by atoms with Crippen LogP contribution in [0.1, 0.15) is 6.42 Å². The molecule has 0 radical (unpaired) electrons. The minimum Gasteiger partial charge on any atom is -0.481 e. The topological polar surface area (TPSA) is 89.0 Å². The van der Waals surface area contributed by atoms with Crippen LogP contribution < -0.4 is 24.2 Å². The van der Waals surface area contributed by atoms with E-state index in [0.717, 1.165) is 44.4 Å². The fraction of sp³-hybridized carbons (Fsp3) is 0.579. The van der Waals surface area contributed by atoms with Crippen molar-refractivity contribution < 1.29 is 14.2 Å². The molecule has 0 N–H and O–H groups in total. The summed E-state index contributed by atoms with van der Waals surface area (Å²) in [5.41, 5.74) is 0. The number of hydrogen-bond acceptors (Lipinski definition) is 10. The average molecular weight is 401 g/mol. The monoisotopic (exact) mass is 401 g/mol. The van der Waals surface area contributed by atoms with Crippen LogP contribution in [-0.4, -0.2) is 86.6 Å². The number of morpholine rings is 1. The Labute approximate surface area is 170 Å². The summed E-state index contributed by atoms with van der Waals surface area (Å²) >= 11 is 0. The van der Waals surface area contributed by atoms with Crippen molar-refractivity contribution in [3.05, 3.63) is 18.3 Å². The van der Waals surface area contributed by atoms with Gasteiger partial charge in [-0.1, -0.05) is 0 Å². The number of nitrogens with zero attached hydrogens (tertiary/aromatic N) is 7. The molecule has 4 rings (SSSR count). The van der Waals surface area contributed by atoms with Crippen LogP contribution in [0.25, 0.3) is 0 Å². The van der Waals surface area contributed by atoms with E-state index in [1.807, 2.05) is 12.3 Å². The van der Waals surface area contributed by atoms with Gasteiger partial charge in [-0.2, -0.15) is 15.0 Å². The van der Waals surface area contributed by atoms with Gasteiger partial charge in [0, 0.05) is 45.5 Å². The summed E-state index contributed by atoms with van der Waals surface area (Å²) in [6, 6.07) is 3.93. The Hall–Kier alpha value is -2.88. The normalized spacial score (nSPS) is 19.3. The number of likely N-dealkylation sites (N-methyl/N-ethyl adjacent to an activating group) is 1. The third-order valence-corrected chi connectivity index (χ3v) is 5.36. The molecular weight excluding hydrogens is 374 g/mol. The Bertz CT molecular complexity index is 809. The molecule has 10 heteroatoms. The van der Waals surface area contributed by atoms with Crippen molar-refractivity contribution in [1.82, 2.24) is 19.9 Å². The van der Waals surface area contributed by atoms with Gasteiger partial charge in [0.25, 0.3) is 0 Å². The van der Waals surface area contributed by atoms with Crippen LogP contribution in [0.15, 0.2) is 18.3 Å². The first-order valence-corrected chi connectivity index (χ1v) is 9.78. The minimum absolute atomic E-state index is 0.295. The first-order chi connectivity index (χ1) is 14.2. The number of ether oxygens (including phenoxy) is 3. The maximum Gasteiger partial charge on any atom is 0.232 e. The predicted octanol–water partition coefficient (Wildman–Crippen LogP) is 0.836.